The summed E-state index contributed by atoms with van der Waals surface area (Å²) in [5.41, 5.74) is 2.17. The number of furan rings is 1. The van der Waals surface area contributed by atoms with Gasteiger partial charge in [-0.05, 0) is 61.2 Å². The number of aromatic nitrogens is 1. The quantitative estimate of drug-likeness (QED) is 0.557. The predicted molar refractivity (Wildman–Crippen MR) is 120 cm³/mol. The van der Waals surface area contributed by atoms with Crippen LogP contribution in [0.5, 0.6) is 0 Å². The first-order valence-corrected chi connectivity index (χ1v) is 11.6. The van der Waals surface area contributed by atoms with E-state index < -0.39 is 0 Å². The minimum absolute atomic E-state index is 0.109. The summed E-state index contributed by atoms with van der Waals surface area (Å²) in [6.45, 7) is 5.70. The van der Waals surface area contributed by atoms with E-state index in [1.54, 1.807) is 12.3 Å². The molecule has 0 radical (unpaired) electrons. The molecule has 7 heteroatoms. The Kier molecular flexibility index (Phi) is 8.83. The summed E-state index contributed by atoms with van der Waals surface area (Å²) in [4.78, 5) is 18.8. The third-order valence-corrected chi connectivity index (χ3v) is 6.05. The molecule has 30 heavy (non-hydrogen) atoms. The van der Waals surface area contributed by atoms with Gasteiger partial charge < -0.3 is 14.8 Å². The Morgan fingerprint density at radius 1 is 1.47 bits per heavy atom. The van der Waals surface area contributed by atoms with Crippen LogP contribution in [-0.4, -0.2) is 46.3 Å². The molecule has 0 saturated carbocycles. The average molecular weight is 430 g/mol. The fourth-order valence-corrected chi connectivity index (χ4v) is 4.36. The zero-order valence-corrected chi connectivity index (χ0v) is 18.4. The van der Waals surface area contributed by atoms with E-state index in [1.165, 1.54) is 30.2 Å². The van der Waals surface area contributed by atoms with Gasteiger partial charge in [0.15, 0.2) is 0 Å². The van der Waals surface area contributed by atoms with Crippen molar-refractivity contribution in [1.82, 2.24) is 15.2 Å². The van der Waals surface area contributed by atoms with Crippen LogP contribution in [0.25, 0.3) is 0 Å². The lowest BCUT2D eigenvalue weighted by molar-refractivity contribution is -0.118. The number of carbonyl (C=O) groups is 1. The normalized spacial score (nSPS) is 17.8. The number of hydrogen-bond acceptors (Lipinski definition) is 6. The van der Waals surface area contributed by atoms with Crippen LogP contribution < -0.4 is 5.32 Å². The van der Waals surface area contributed by atoms with Gasteiger partial charge in [0, 0.05) is 31.4 Å². The largest absolute Gasteiger partial charge is 0.511 e. The van der Waals surface area contributed by atoms with E-state index in [9.17, 15) is 9.90 Å². The molecular formula is C23H31N3O3S. The van der Waals surface area contributed by atoms with Gasteiger partial charge in [0.25, 0.3) is 0 Å². The smallest absolute Gasteiger partial charge is 0.230 e. The van der Waals surface area contributed by atoms with Crippen molar-refractivity contribution in [3.8, 4) is 0 Å². The molecule has 0 bridgehead atoms. The molecule has 1 fully saturated rings. The number of amides is 1. The van der Waals surface area contributed by atoms with E-state index in [0.29, 0.717) is 17.9 Å². The number of thioether (sulfide) groups is 1. The van der Waals surface area contributed by atoms with Crippen LogP contribution in [0.15, 0.2) is 53.0 Å². The van der Waals surface area contributed by atoms with Gasteiger partial charge in [-0.15, -0.1) is 11.8 Å². The van der Waals surface area contributed by atoms with Gasteiger partial charge in [-0.3, -0.25) is 14.7 Å². The molecule has 1 aliphatic heterocycles. The maximum Gasteiger partial charge on any atom is 0.230 e. The highest BCUT2D eigenvalue weighted by Crippen LogP contribution is 2.18. The summed E-state index contributed by atoms with van der Waals surface area (Å²) in [6, 6.07) is 7.88. The van der Waals surface area contributed by atoms with Crippen molar-refractivity contribution in [2.75, 3.05) is 25.4 Å². The van der Waals surface area contributed by atoms with E-state index in [2.05, 4.69) is 34.3 Å². The van der Waals surface area contributed by atoms with Crippen molar-refractivity contribution in [2.24, 2.45) is 5.92 Å². The highest BCUT2D eigenvalue weighted by molar-refractivity contribution is 7.99. The lowest BCUT2D eigenvalue weighted by Gasteiger charge is -2.30. The number of pyridine rings is 1. The lowest BCUT2D eigenvalue weighted by atomic mass is 10.00. The Bertz CT molecular complexity index is 823. The molecule has 1 unspecified atom stereocenters. The summed E-state index contributed by atoms with van der Waals surface area (Å²) < 4.78 is 5.23. The number of nitrogens with one attached hydrogen (secondary N) is 1. The Labute approximate surface area is 182 Å². The second kappa shape index (κ2) is 11.8. The van der Waals surface area contributed by atoms with Crippen LogP contribution >= 0.6 is 11.8 Å². The van der Waals surface area contributed by atoms with Crippen molar-refractivity contribution in [1.29, 1.82) is 0 Å². The fourth-order valence-electron chi connectivity index (χ4n) is 3.60. The third kappa shape index (κ3) is 7.88. The Hall–Kier alpha value is -2.25. The van der Waals surface area contributed by atoms with Gasteiger partial charge in [-0.1, -0.05) is 6.92 Å². The second-order valence-corrected chi connectivity index (χ2v) is 8.87. The molecule has 162 valence electrons. The molecule has 0 spiro atoms. The zero-order chi connectivity index (χ0) is 21.2. The fraction of sp³-hybridized carbons (Fsp3) is 0.478. The van der Waals surface area contributed by atoms with E-state index >= 15 is 0 Å². The third-order valence-electron chi connectivity index (χ3n) is 5.10. The molecule has 3 rings (SSSR count). The minimum Gasteiger partial charge on any atom is -0.511 e. The molecule has 1 saturated heterocycles. The molecular weight excluding hydrogens is 398 g/mol. The molecule has 1 atom stereocenters. The van der Waals surface area contributed by atoms with Gasteiger partial charge >= 0.3 is 0 Å². The van der Waals surface area contributed by atoms with Crippen molar-refractivity contribution >= 4 is 17.7 Å². The highest BCUT2D eigenvalue weighted by Gasteiger charge is 2.16. The number of likely N-dealkylation sites (tertiary alicyclic amines) is 1. The lowest BCUT2D eigenvalue weighted by Crippen LogP contribution is -2.33. The Morgan fingerprint density at radius 2 is 2.37 bits per heavy atom. The number of rotatable bonds is 10. The number of aliphatic hydroxyl groups excluding tert-OH is 1. The van der Waals surface area contributed by atoms with Crippen LogP contribution in [-0.2, 0) is 23.5 Å². The number of aliphatic hydroxyl groups is 1. The summed E-state index contributed by atoms with van der Waals surface area (Å²) in [5, 5.41) is 12.8. The summed E-state index contributed by atoms with van der Waals surface area (Å²) in [6.07, 6.45) is 8.30. The van der Waals surface area contributed by atoms with E-state index in [1.807, 2.05) is 18.3 Å². The Balaban J connectivity index is 1.38. The van der Waals surface area contributed by atoms with Crippen molar-refractivity contribution in [3.63, 3.8) is 0 Å². The van der Waals surface area contributed by atoms with Gasteiger partial charge in [0.1, 0.15) is 11.5 Å². The number of hydrogen-bond donors (Lipinski definition) is 2. The van der Waals surface area contributed by atoms with Gasteiger partial charge in [-0.2, -0.15) is 0 Å². The SMILES string of the molecule is CC1CCCN(Cc2ccnc(CC=C(O)CNC(=O)CSCc3ccco3)c2)C1. The maximum absolute atomic E-state index is 11.9. The summed E-state index contributed by atoms with van der Waals surface area (Å²) >= 11 is 1.48. The topological polar surface area (TPSA) is 78.6 Å². The first-order valence-electron chi connectivity index (χ1n) is 10.5. The number of nitrogens with zero attached hydrogens (tertiary/aromatic N) is 2. The van der Waals surface area contributed by atoms with E-state index in [-0.39, 0.29) is 18.2 Å². The predicted octanol–water partition coefficient (Wildman–Crippen LogP) is 3.94. The number of piperidine rings is 1. The summed E-state index contributed by atoms with van der Waals surface area (Å²) in [7, 11) is 0. The van der Waals surface area contributed by atoms with Crippen LogP contribution in [0.1, 0.15) is 36.8 Å². The van der Waals surface area contributed by atoms with E-state index in [4.69, 9.17) is 4.42 Å². The molecule has 0 aliphatic carbocycles. The highest BCUT2D eigenvalue weighted by atomic mass is 32.2. The standard InChI is InChI=1S/C23H31N3O3S/c1-18-4-2-10-26(14-18)15-19-8-9-24-20(12-19)6-7-21(27)13-25-23(28)17-30-16-22-5-3-11-29-22/h3,5,7-9,11-12,18,27H,2,4,6,10,13-17H2,1H3,(H,25,28). The summed E-state index contributed by atoms with van der Waals surface area (Å²) in [5.74, 6) is 2.63. The van der Waals surface area contributed by atoms with Crippen molar-refractivity contribution < 1.29 is 14.3 Å². The van der Waals surface area contributed by atoms with E-state index in [0.717, 1.165) is 37.0 Å². The molecule has 2 N–H and O–H groups in total. The molecule has 2 aromatic heterocycles. The molecule has 3 heterocycles. The molecule has 1 aliphatic rings. The van der Waals surface area contributed by atoms with Crippen LogP contribution in [0.4, 0.5) is 0 Å². The van der Waals surface area contributed by atoms with Crippen LogP contribution in [0.2, 0.25) is 0 Å². The van der Waals surface area contributed by atoms with Crippen molar-refractivity contribution in [2.45, 2.75) is 38.5 Å². The average Bonchev–Trinajstić information content (AvgIpc) is 3.24. The second-order valence-electron chi connectivity index (χ2n) is 7.89. The molecule has 0 aromatic carbocycles. The zero-order valence-electron chi connectivity index (χ0n) is 17.5. The first kappa shape index (κ1) is 22.4. The Morgan fingerprint density at radius 3 is 3.17 bits per heavy atom. The maximum atomic E-state index is 11.9. The number of allylic oxidation sites excluding steroid dienone is 1. The number of carbonyl (C=O) groups excluding carboxylic acids is 1. The first-order chi connectivity index (χ1) is 14.6. The van der Waals surface area contributed by atoms with Crippen molar-refractivity contribution in [3.05, 3.63) is 65.6 Å². The molecule has 2 aromatic rings. The monoisotopic (exact) mass is 429 g/mol. The van der Waals surface area contributed by atoms with Gasteiger partial charge in [0.2, 0.25) is 5.91 Å². The van der Waals surface area contributed by atoms with Crippen LogP contribution in [0, 0.1) is 5.92 Å². The minimum atomic E-state index is -0.109. The van der Waals surface area contributed by atoms with Gasteiger partial charge in [-0.25, -0.2) is 0 Å². The molecule has 1 amide bonds. The van der Waals surface area contributed by atoms with Gasteiger partial charge in [0.05, 0.1) is 24.3 Å². The molecule has 6 nitrogen and oxygen atoms in total. The van der Waals surface area contributed by atoms with Crippen LogP contribution in [0.3, 0.4) is 0 Å².